The van der Waals surface area contributed by atoms with E-state index in [-0.39, 0.29) is 11.6 Å². The van der Waals surface area contributed by atoms with Crippen LogP contribution in [0.5, 0.6) is 0 Å². The Morgan fingerprint density at radius 3 is 2.64 bits per heavy atom. The van der Waals surface area contributed by atoms with E-state index in [0.29, 0.717) is 11.3 Å². The number of nitrogens with zero attached hydrogens (tertiary/aromatic N) is 1. The highest BCUT2D eigenvalue weighted by molar-refractivity contribution is 7.86. The van der Waals surface area contributed by atoms with Gasteiger partial charge in [-0.2, -0.15) is 8.42 Å². The average Bonchev–Trinajstić information content (AvgIpc) is 1.97. The molecule has 0 aromatic carbocycles. The van der Waals surface area contributed by atoms with Crippen molar-refractivity contribution in [1.82, 2.24) is 4.98 Å². The van der Waals surface area contributed by atoms with Crippen molar-refractivity contribution in [3.05, 3.63) is 28.5 Å². The van der Waals surface area contributed by atoms with E-state index in [4.69, 9.17) is 11.6 Å². The van der Waals surface area contributed by atoms with Crippen molar-refractivity contribution in [2.24, 2.45) is 0 Å². The quantitative estimate of drug-likeness (QED) is 0.596. The van der Waals surface area contributed by atoms with E-state index in [1.54, 1.807) is 13.0 Å². The molecular weight excluding hydrogens is 229 g/mol. The lowest BCUT2D eigenvalue weighted by atomic mass is 10.2. The van der Waals surface area contributed by atoms with E-state index >= 15 is 0 Å². The Bertz CT molecular complexity index is 413. The molecule has 1 aromatic rings. The largest absolute Gasteiger partial charge is 0.302 e. The maximum Gasteiger partial charge on any atom is 0.302 e. The third kappa shape index (κ3) is 4.02. The summed E-state index contributed by atoms with van der Waals surface area (Å²) in [7, 11) is -4.41. The first-order chi connectivity index (χ1) is 6.37. The van der Waals surface area contributed by atoms with Gasteiger partial charge in [0.25, 0.3) is 0 Å². The van der Waals surface area contributed by atoms with Crippen LogP contribution in [-0.2, 0) is 16.6 Å². The Labute approximate surface area is 87.1 Å². The Hall–Kier alpha value is -0.680. The van der Waals surface area contributed by atoms with Gasteiger partial charge in [0.1, 0.15) is 5.15 Å². The third-order valence-electron chi connectivity index (χ3n) is 1.62. The summed E-state index contributed by atoms with van der Waals surface area (Å²) in [5.41, 5.74) is 1.35. The van der Waals surface area contributed by atoms with Gasteiger partial charge >= 0.3 is 10.2 Å². The van der Waals surface area contributed by atoms with Crippen LogP contribution in [0.2, 0.25) is 5.15 Å². The van der Waals surface area contributed by atoms with Crippen LogP contribution in [0.15, 0.2) is 12.1 Å². The predicted molar refractivity (Wildman–Crippen MR) is 52.6 cm³/mol. The highest BCUT2D eigenvalue weighted by atomic mass is 35.5. The van der Waals surface area contributed by atoms with Gasteiger partial charge in [-0.25, -0.2) is 4.98 Å². The monoisotopic (exact) mass is 237 g/mol. The number of pyridine rings is 1. The summed E-state index contributed by atoms with van der Waals surface area (Å²) >= 11 is 5.65. The summed E-state index contributed by atoms with van der Waals surface area (Å²) in [6.07, 6.45) is 0.113. The van der Waals surface area contributed by atoms with E-state index < -0.39 is 16.0 Å². The van der Waals surface area contributed by atoms with E-state index in [1.807, 2.05) is 0 Å². The first-order valence-electron chi connectivity index (χ1n) is 3.92. The number of halogens is 2. The molecule has 1 heterocycles. The van der Waals surface area contributed by atoms with Gasteiger partial charge in [0.05, 0.1) is 5.75 Å². The maximum atomic E-state index is 12.2. The Balaban J connectivity index is 2.78. The number of aromatic nitrogens is 1. The van der Waals surface area contributed by atoms with Crippen molar-refractivity contribution in [3.8, 4) is 0 Å². The van der Waals surface area contributed by atoms with Crippen LogP contribution in [0.25, 0.3) is 0 Å². The van der Waals surface area contributed by atoms with Gasteiger partial charge in [0.2, 0.25) is 0 Å². The lowest BCUT2D eigenvalue weighted by molar-refractivity contribution is 0.551. The van der Waals surface area contributed by atoms with Gasteiger partial charge in [-0.15, -0.1) is 3.89 Å². The van der Waals surface area contributed by atoms with Crippen LogP contribution in [-0.4, -0.2) is 19.2 Å². The molecule has 0 aliphatic carbocycles. The van der Waals surface area contributed by atoms with Crippen molar-refractivity contribution in [2.75, 3.05) is 5.75 Å². The second-order valence-corrected chi connectivity index (χ2v) is 4.81. The molecule has 0 atom stereocenters. The topological polar surface area (TPSA) is 47.0 Å². The van der Waals surface area contributed by atoms with Crippen molar-refractivity contribution in [2.45, 2.75) is 13.3 Å². The molecule has 6 heteroatoms. The standard InChI is InChI=1S/C8H9ClFNO2S/c1-6-4-7(5-8(9)11-6)2-3-14(10,12)13/h4-5H,2-3H2,1H3. The minimum Gasteiger partial charge on any atom is -0.241 e. The summed E-state index contributed by atoms with van der Waals surface area (Å²) in [5, 5.41) is 0.288. The van der Waals surface area contributed by atoms with Gasteiger partial charge in [-0.05, 0) is 31.0 Å². The second-order valence-electron chi connectivity index (χ2n) is 2.93. The molecule has 0 saturated carbocycles. The molecule has 0 radical (unpaired) electrons. The summed E-state index contributed by atoms with van der Waals surface area (Å²) in [6, 6.07) is 3.21. The molecule has 0 unspecified atom stereocenters. The SMILES string of the molecule is Cc1cc(CCS(=O)(=O)F)cc(Cl)n1. The van der Waals surface area contributed by atoms with Crippen molar-refractivity contribution >= 4 is 21.8 Å². The zero-order valence-corrected chi connectivity index (χ0v) is 9.07. The van der Waals surface area contributed by atoms with E-state index in [1.165, 1.54) is 6.07 Å². The fourth-order valence-corrected chi connectivity index (χ4v) is 1.83. The van der Waals surface area contributed by atoms with Gasteiger partial charge in [0.15, 0.2) is 0 Å². The van der Waals surface area contributed by atoms with Gasteiger partial charge < -0.3 is 0 Å². The number of hydrogen-bond donors (Lipinski definition) is 0. The summed E-state index contributed by atoms with van der Waals surface area (Å²) in [4.78, 5) is 3.90. The molecule has 0 saturated heterocycles. The lowest BCUT2D eigenvalue weighted by Gasteiger charge is -2.01. The first kappa shape index (κ1) is 11.4. The molecule has 1 rings (SSSR count). The number of rotatable bonds is 3. The molecule has 0 fully saturated rings. The predicted octanol–water partition coefficient (Wildman–Crippen LogP) is 1.89. The van der Waals surface area contributed by atoms with Gasteiger partial charge in [0, 0.05) is 5.69 Å². The molecule has 1 aromatic heterocycles. The highest BCUT2D eigenvalue weighted by Gasteiger charge is 2.08. The zero-order chi connectivity index (χ0) is 10.8. The molecule has 14 heavy (non-hydrogen) atoms. The minimum atomic E-state index is -4.41. The molecule has 0 bridgehead atoms. The Morgan fingerprint density at radius 2 is 2.14 bits per heavy atom. The summed E-state index contributed by atoms with van der Waals surface area (Å²) < 4.78 is 32.7. The second kappa shape index (κ2) is 4.23. The summed E-state index contributed by atoms with van der Waals surface area (Å²) in [5.74, 6) is -0.521. The van der Waals surface area contributed by atoms with Crippen LogP contribution >= 0.6 is 11.6 Å². The first-order valence-corrected chi connectivity index (χ1v) is 5.85. The fourth-order valence-electron chi connectivity index (χ4n) is 1.08. The molecular formula is C8H9ClFNO2S. The molecule has 0 aliphatic rings. The lowest BCUT2D eigenvalue weighted by Crippen LogP contribution is -2.02. The van der Waals surface area contributed by atoms with Crippen LogP contribution in [0.3, 0.4) is 0 Å². The Morgan fingerprint density at radius 1 is 1.50 bits per heavy atom. The summed E-state index contributed by atoms with van der Waals surface area (Å²) in [6.45, 7) is 1.74. The third-order valence-corrected chi connectivity index (χ3v) is 2.50. The number of aryl methyl sites for hydroxylation is 2. The van der Waals surface area contributed by atoms with E-state index in [2.05, 4.69) is 4.98 Å². The molecule has 0 aliphatic heterocycles. The van der Waals surface area contributed by atoms with Crippen molar-refractivity contribution in [1.29, 1.82) is 0 Å². The Kier molecular flexibility index (Phi) is 3.44. The molecule has 78 valence electrons. The van der Waals surface area contributed by atoms with Crippen molar-refractivity contribution < 1.29 is 12.3 Å². The van der Waals surface area contributed by atoms with Crippen molar-refractivity contribution in [3.63, 3.8) is 0 Å². The van der Waals surface area contributed by atoms with Crippen LogP contribution in [0.1, 0.15) is 11.3 Å². The smallest absolute Gasteiger partial charge is 0.241 e. The number of hydrogen-bond acceptors (Lipinski definition) is 3. The highest BCUT2D eigenvalue weighted by Crippen LogP contribution is 2.11. The average molecular weight is 238 g/mol. The van der Waals surface area contributed by atoms with E-state index in [9.17, 15) is 12.3 Å². The van der Waals surface area contributed by atoms with Gasteiger partial charge in [-0.1, -0.05) is 11.6 Å². The normalized spacial score (nSPS) is 11.6. The van der Waals surface area contributed by atoms with Crippen LogP contribution in [0.4, 0.5) is 3.89 Å². The fraction of sp³-hybridized carbons (Fsp3) is 0.375. The molecule has 0 N–H and O–H groups in total. The zero-order valence-electron chi connectivity index (χ0n) is 7.50. The van der Waals surface area contributed by atoms with Crippen LogP contribution in [0, 0.1) is 6.92 Å². The minimum absolute atomic E-state index is 0.113. The molecule has 0 amide bonds. The molecule has 0 spiro atoms. The maximum absolute atomic E-state index is 12.2. The van der Waals surface area contributed by atoms with E-state index in [0.717, 1.165) is 0 Å². The van der Waals surface area contributed by atoms with Crippen LogP contribution < -0.4 is 0 Å². The molecule has 3 nitrogen and oxygen atoms in total. The van der Waals surface area contributed by atoms with Gasteiger partial charge in [-0.3, -0.25) is 0 Å².